The lowest BCUT2D eigenvalue weighted by atomic mass is 9.99. The maximum Gasteiger partial charge on any atom is 0.230 e. The quantitative estimate of drug-likeness (QED) is 0.859. The molecule has 0 aliphatic carbocycles. The minimum atomic E-state index is 0.0245. The van der Waals surface area contributed by atoms with E-state index in [2.05, 4.69) is 50.2 Å². The average Bonchev–Trinajstić information content (AvgIpc) is 2.76. The predicted octanol–water partition coefficient (Wildman–Crippen LogP) is 3.29. The summed E-state index contributed by atoms with van der Waals surface area (Å²) in [5.41, 5.74) is 2.31. The minimum Gasteiger partial charge on any atom is -0.364 e. The first kappa shape index (κ1) is 14.2. The Bertz CT molecular complexity index is 747. The van der Waals surface area contributed by atoms with Crippen LogP contribution in [0.1, 0.15) is 24.9 Å². The van der Waals surface area contributed by atoms with Gasteiger partial charge in [-0.1, -0.05) is 6.07 Å². The van der Waals surface area contributed by atoms with Crippen LogP contribution in [0.4, 0.5) is 0 Å². The number of hydrogen-bond donors (Lipinski definition) is 1. The number of nitrogens with zero attached hydrogens (tertiary/aromatic N) is 2. The number of aryl methyl sites for hydroxylation is 1. The van der Waals surface area contributed by atoms with Gasteiger partial charge in [0.25, 0.3) is 0 Å². The van der Waals surface area contributed by atoms with Gasteiger partial charge in [0.1, 0.15) is 5.82 Å². The molecule has 1 N–H and O–H groups in total. The summed E-state index contributed by atoms with van der Waals surface area (Å²) in [6, 6.07) is 6.38. The van der Waals surface area contributed by atoms with Gasteiger partial charge in [-0.3, -0.25) is 4.79 Å². The predicted molar refractivity (Wildman–Crippen MR) is 87.6 cm³/mol. The van der Waals surface area contributed by atoms with E-state index in [-0.39, 0.29) is 11.9 Å². The van der Waals surface area contributed by atoms with E-state index in [0.717, 1.165) is 15.9 Å². The maximum atomic E-state index is 12.1. The molecule has 1 amide bonds. The lowest BCUT2D eigenvalue weighted by molar-refractivity contribution is -0.130. The van der Waals surface area contributed by atoms with Gasteiger partial charge in [0, 0.05) is 35.7 Å². The van der Waals surface area contributed by atoms with E-state index in [0.29, 0.717) is 6.42 Å². The molecule has 1 aromatic heterocycles. The molecule has 0 spiro atoms. The number of carbonyl (C=O) groups is 1. The molecule has 0 saturated carbocycles. The zero-order valence-corrected chi connectivity index (χ0v) is 13.9. The molecule has 110 valence electrons. The Balaban J connectivity index is 2.00. The molecule has 2 aromatic rings. The molecule has 1 fully saturated rings. The second kappa shape index (κ2) is 5.22. The van der Waals surface area contributed by atoms with Crippen molar-refractivity contribution in [1.29, 1.82) is 0 Å². The van der Waals surface area contributed by atoms with Gasteiger partial charge in [-0.05, 0) is 46.6 Å². The number of fused-ring (bicyclic) bond motifs is 1. The van der Waals surface area contributed by atoms with Crippen LogP contribution < -0.4 is 5.32 Å². The van der Waals surface area contributed by atoms with E-state index in [1.165, 1.54) is 10.9 Å². The molecule has 0 bridgehead atoms. The molecule has 1 unspecified atom stereocenters. The Labute approximate surface area is 132 Å². The van der Waals surface area contributed by atoms with Crippen LogP contribution in [0.25, 0.3) is 10.9 Å². The summed E-state index contributed by atoms with van der Waals surface area (Å²) in [6.45, 7) is 1.94. The van der Waals surface area contributed by atoms with Crippen molar-refractivity contribution in [2.45, 2.75) is 19.4 Å². The number of aromatic nitrogens is 1. The molecular formula is C16H18BrN3O. The zero-order chi connectivity index (χ0) is 15.1. The number of allylic oxidation sites excluding steroid dienone is 1. The van der Waals surface area contributed by atoms with Crippen molar-refractivity contribution >= 4 is 32.7 Å². The molecule has 21 heavy (non-hydrogen) atoms. The monoisotopic (exact) mass is 347 g/mol. The summed E-state index contributed by atoms with van der Waals surface area (Å²) in [4.78, 5) is 13.8. The second-order valence-electron chi connectivity index (χ2n) is 5.39. The first-order valence-corrected chi connectivity index (χ1v) is 7.74. The van der Waals surface area contributed by atoms with Gasteiger partial charge in [0.15, 0.2) is 0 Å². The highest BCUT2D eigenvalue weighted by molar-refractivity contribution is 9.10. The van der Waals surface area contributed by atoms with Crippen LogP contribution in [-0.4, -0.2) is 22.4 Å². The van der Waals surface area contributed by atoms with Crippen LogP contribution in [0.15, 0.2) is 40.8 Å². The smallest absolute Gasteiger partial charge is 0.230 e. The Morgan fingerprint density at radius 3 is 2.86 bits per heavy atom. The number of amides is 1. The largest absolute Gasteiger partial charge is 0.364 e. The number of nitrogens with one attached hydrogen (secondary N) is 1. The molecule has 1 aromatic carbocycles. The van der Waals surface area contributed by atoms with Gasteiger partial charge < -0.3 is 14.8 Å². The number of carbonyl (C=O) groups excluding carboxylic acids is 1. The van der Waals surface area contributed by atoms with Crippen LogP contribution in [0.5, 0.6) is 0 Å². The van der Waals surface area contributed by atoms with Gasteiger partial charge in [0.2, 0.25) is 5.91 Å². The van der Waals surface area contributed by atoms with E-state index < -0.39 is 0 Å². The summed E-state index contributed by atoms with van der Waals surface area (Å²) in [5.74, 6) is 1.00. The third-order valence-electron chi connectivity index (χ3n) is 4.08. The Hall–Kier alpha value is -1.75. The molecule has 4 nitrogen and oxygen atoms in total. The van der Waals surface area contributed by atoms with Gasteiger partial charge >= 0.3 is 0 Å². The molecule has 0 radical (unpaired) electrons. The van der Waals surface area contributed by atoms with Crippen molar-refractivity contribution in [2.75, 3.05) is 7.05 Å². The molecule has 1 saturated heterocycles. The SMILES string of the molecule is C/C=C1/NC(c2ccc3c(c2)c(Br)cn3C)CC(=O)N1C. The van der Waals surface area contributed by atoms with Crippen molar-refractivity contribution in [3.63, 3.8) is 0 Å². The van der Waals surface area contributed by atoms with Gasteiger partial charge in [0.05, 0.1) is 12.5 Å². The van der Waals surface area contributed by atoms with E-state index in [9.17, 15) is 4.79 Å². The fourth-order valence-corrected chi connectivity index (χ4v) is 3.45. The Morgan fingerprint density at radius 2 is 2.14 bits per heavy atom. The minimum absolute atomic E-state index is 0.0245. The van der Waals surface area contributed by atoms with E-state index in [1.807, 2.05) is 20.0 Å². The number of halogens is 1. The number of benzene rings is 1. The molecule has 1 aliphatic rings. The van der Waals surface area contributed by atoms with Gasteiger partial charge in [-0.25, -0.2) is 0 Å². The summed E-state index contributed by atoms with van der Waals surface area (Å²) in [5, 5.41) is 4.61. The standard InChI is InChI=1S/C16H18BrN3O/c1-4-15-18-13(8-16(21)20(15)3)10-5-6-14-11(7-10)12(17)9-19(14)2/h4-7,9,13,18H,8H2,1-3H3/b15-4-. The van der Waals surface area contributed by atoms with Crippen molar-refractivity contribution in [2.24, 2.45) is 7.05 Å². The molecule has 1 aliphatic heterocycles. The topological polar surface area (TPSA) is 37.3 Å². The van der Waals surface area contributed by atoms with Crippen molar-refractivity contribution in [3.8, 4) is 0 Å². The molecule has 2 heterocycles. The number of hydrogen-bond acceptors (Lipinski definition) is 2. The maximum absolute atomic E-state index is 12.1. The number of rotatable bonds is 1. The van der Waals surface area contributed by atoms with E-state index >= 15 is 0 Å². The lowest BCUT2D eigenvalue weighted by Gasteiger charge is -2.33. The average molecular weight is 348 g/mol. The third kappa shape index (κ3) is 2.35. The van der Waals surface area contributed by atoms with E-state index in [4.69, 9.17) is 0 Å². The Morgan fingerprint density at radius 1 is 1.38 bits per heavy atom. The zero-order valence-electron chi connectivity index (χ0n) is 12.4. The normalized spacial score (nSPS) is 21.1. The fourth-order valence-electron chi connectivity index (χ4n) is 2.83. The summed E-state index contributed by atoms with van der Waals surface area (Å²) in [7, 11) is 3.83. The Kier molecular flexibility index (Phi) is 3.53. The van der Waals surface area contributed by atoms with Crippen LogP contribution in [0, 0.1) is 0 Å². The first-order valence-electron chi connectivity index (χ1n) is 6.95. The van der Waals surface area contributed by atoms with Crippen molar-refractivity contribution in [1.82, 2.24) is 14.8 Å². The van der Waals surface area contributed by atoms with Crippen LogP contribution in [0.3, 0.4) is 0 Å². The summed E-state index contributed by atoms with van der Waals surface area (Å²) >= 11 is 3.60. The van der Waals surface area contributed by atoms with Crippen molar-refractivity contribution < 1.29 is 4.79 Å². The van der Waals surface area contributed by atoms with Crippen LogP contribution >= 0.6 is 15.9 Å². The molecule has 5 heteroatoms. The highest BCUT2D eigenvalue weighted by Gasteiger charge is 2.27. The van der Waals surface area contributed by atoms with Crippen LogP contribution in [0.2, 0.25) is 0 Å². The fraction of sp³-hybridized carbons (Fsp3) is 0.312. The molecular weight excluding hydrogens is 330 g/mol. The summed E-state index contributed by atoms with van der Waals surface area (Å²) in [6.07, 6.45) is 4.46. The van der Waals surface area contributed by atoms with E-state index in [1.54, 1.807) is 11.9 Å². The van der Waals surface area contributed by atoms with Crippen LogP contribution in [-0.2, 0) is 11.8 Å². The van der Waals surface area contributed by atoms with Gasteiger partial charge in [-0.15, -0.1) is 0 Å². The third-order valence-corrected chi connectivity index (χ3v) is 4.71. The van der Waals surface area contributed by atoms with Crippen molar-refractivity contribution in [3.05, 3.63) is 46.3 Å². The second-order valence-corrected chi connectivity index (χ2v) is 6.25. The summed E-state index contributed by atoms with van der Waals surface area (Å²) < 4.78 is 3.17. The molecule has 3 rings (SSSR count). The van der Waals surface area contributed by atoms with Gasteiger partial charge in [-0.2, -0.15) is 0 Å². The highest BCUT2D eigenvalue weighted by atomic mass is 79.9. The first-order chi connectivity index (χ1) is 10.0. The lowest BCUT2D eigenvalue weighted by Crippen LogP contribution is -2.42. The molecule has 1 atom stereocenters. The highest BCUT2D eigenvalue weighted by Crippen LogP contribution is 2.31.